The van der Waals surface area contributed by atoms with E-state index in [1.807, 2.05) is 7.05 Å². The van der Waals surface area contributed by atoms with E-state index in [4.69, 9.17) is 4.74 Å². The SMILES string of the molecule is CN=C(NCCc1sc(C)nc1C)NCc1ccccc1CN1CCOCC1. The molecule has 1 saturated heterocycles. The largest absolute Gasteiger partial charge is 0.379 e. The van der Waals surface area contributed by atoms with Gasteiger partial charge in [0.2, 0.25) is 0 Å². The zero-order valence-corrected chi connectivity index (χ0v) is 17.9. The van der Waals surface area contributed by atoms with Crippen LogP contribution in [0.15, 0.2) is 29.3 Å². The zero-order chi connectivity index (χ0) is 19.8. The van der Waals surface area contributed by atoms with Crippen LogP contribution in [0.4, 0.5) is 0 Å². The molecule has 1 aliphatic rings. The monoisotopic (exact) mass is 401 g/mol. The molecule has 7 heteroatoms. The second-order valence-corrected chi connectivity index (χ2v) is 8.29. The van der Waals surface area contributed by atoms with Crippen molar-refractivity contribution in [3.63, 3.8) is 0 Å². The molecule has 0 amide bonds. The Kier molecular flexibility index (Phi) is 7.82. The van der Waals surface area contributed by atoms with E-state index < -0.39 is 0 Å². The Hall–Kier alpha value is -1.96. The number of hydrogen-bond donors (Lipinski definition) is 2. The summed E-state index contributed by atoms with van der Waals surface area (Å²) in [6, 6.07) is 8.63. The van der Waals surface area contributed by atoms with Gasteiger partial charge in [0.15, 0.2) is 5.96 Å². The van der Waals surface area contributed by atoms with E-state index in [9.17, 15) is 0 Å². The van der Waals surface area contributed by atoms with Gasteiger partial charge in [-0.05, 0) is 25.0 Å². The predicted octanol–water partition coefficient (Wildman–Crippen LogP) is 2.50. The number of nitrogens with zero attached hydrogens (tertiary/aromatic N) is 3. The maximum atomic E-state index is 5.46. The molecule has 0 atom stereocenters. The van der Waals surface area contributed by atoms with E-state index in [1.165, 1.54) is 16.0 Å². The first-order valence-corrected chi connectivity index (χ1v) is 10.7. The van der Waals surface area contributed by atoms with Gasteiger partial charge in [0.25, 0.3) is 0 Å². The van der Waals surface area contributed by atoms with Crippen LogP contribution in [-0.2, 0) is 24.2 Å². The molecule has 1 aliphatic heterocycles. The number of aryl methyl sites for hydroxylation is 2. The summed E-state index contributed by atoms with van der Waals surface area (Å²) < 4.78 is 5.46. The van der Waals surface area contributed by atoms with Crippen LogP contribution in [0.1, 0.15) is 26.7 Å². The molecule has 2 heterocycles. The van der Waals surface area contributed by atoms with E-state index in [0.29, 0.717) is 0 Å². The van der Waals surface area contributed by atoms with Crippen LogP contribution >= 0.6 is 11.3 Å². The van der Waals surface area contributed by atoms with Crippen molar-refractivity contribution in [1.82, 2.24) is 20.5 Å². The van der Waals surface area contributed by atoms with Crippen LogP contribution in [0.5, 0.6) is 0 Å². The first-order valence-electron chi connectivity index (χ1n) is 9.90. The molecule has 0 unspecified atom stereocenters. The number of morpholine rings is 1. The lowest BCUT2D eigenvalue weighted by atomic mass is 10.1. The van der Waals surface area contributed by atoms with Crippen molar-refractivity contribution >= 4 is 17.3 Å². The maximum absolute atomic E-state index is 5.46. The molecule has 2 N–H and O–H groups in total. The van der Waals surface area contributed by atoms with Crippen molar-refractivity contribution in [2.75, 3.05) is 39.9 Å². The summed E-state index contributed by atoms with van der Waals surface area (Å²) in [4.78, 5) is 12.7. The second-order valence-electron chi connectivity index (χ2n) is 7.00. The molecule has 28 heavy (non-hydrogen) atoms. The third-order valence-corrected chi connectivity index (χ3v) is 6.06. The summed E-state index contributed by atoms with van der Waals surface area (Å²) in [5.41, 5.74) is 3.82. The number of guanidine groups is 1. The summed E-state index contributed by atoms with van der Waals surface area (Å²) in [7, 11) is 1.82. The number of hydrogen-bond acceptors (Lipinski definition) is 5. The van der Waals surface area contributed by atoms with Crippen molar-refractivity contribution < 1.29 is 4.74 Å². The Morgan fingerprint density at radius 2 is 1.93 bits per heavy atom. The van der Waals surface area contributed by atoms with Crippen LogP contribution in [0.25, 0.3) is 0 Å². The number of benzene rings is 1. The van der Waals surface area contributed by atoms with Crippen LogP contribution in [-0.4, -0.2) is 55.7 Å². The standard InChI is InChI=1S/C21H31N5OS/c1-16-20(28-17(2)25-16)8-9-23-21(22-3)24-14-18-6-4-5-7-19(18)15-26-10-12-27-13-11-26/h4-7H,8-15H2,1-3H3,(H2,22,23,24). The molecule has 152 valence electrons. The van der Waals surface area contributed by atoms with E-state index in [-0.39, 0.29) is 0 Å². The molecule has 0 bridgehead atoms. The molecule has 2 aromatic rings. The average molecular weight is 402 g/mol. The molecule has 0 radical (unpaired) electrons. The molecule has 3 rings (SSSR count). The molecule has 0 spiro atoms. The summed E-state index contributed by atoms with van der Waals surface area (Å²) in [6.45, 7) is 10.4. The van der Waals surface area contributed by atoms with Crippen molar-refractivity contribution in [1.29, 1.82) is 0 Å². The molecule has 1 fully saturated rings. The van der Waals surface area contributed by atoms with Gasteiger partial charge in [-0.25, -0.2) is 4.98 Å². The molecule has 1 aromatic heterocycles. The maximum Gasteiger partial charge on any atom is 0.191 e. The van der Waals surface area contributed by atoms with Gasteiger partial charge in [0, 0.05) is 51.1 Å². The Morgan fingerprint density at radius 3 is 2.61 bits per heavy atom. The van der Waals surface area contributed by atoms with Gasteiger partial charge in [-0.1, -0.05) is 24.3 Å². The van der Waals surface area contributed by atoms with Crippen molar-refractivity contribution in [2.24, 2.45) is 4.99 Å². The Bertz CT molecular complexity index is 783. The van der Waals surface area contributed by atoms with Gasteiger partial charge in [0.1, 0.15) is 0 Å². The fraction of sp³-hybridized carbons (Fsp3) is 0.524. The zero-order valence-electron chi connectivity index (χ0n) is 17.1. The number of nitrogens with one attached hydrogen (secondary N) is 2. The van der Waals surface area contributed by atoms with Crippen LogP contribution in [0.2, 0.25) is 0 Å². The lowest BCUT2D eigenvalue weighted by Crippen LogP contribution is -2.38. The van der Waals surface area contributed by atoms with E-state index in [1.54, 1.807) is 11.3 Å². The number of aromatic nitrogens is 1. The molecule has 0 aliphatic carbocycles. The Labute approximate surface area is 172 Å². The average Bonchev–Trinajstić information content (AvgIpc) is 3.03. The van der Waals surface area contributed by atoms with E-state index in [2.05, 4.69) is 63.6 Å². The summed E-state index contributed by atoms with van der Waals surface area (Å²) in [5, 5.41) is 8.00. The third-order valence-electron chi connectivity index (χ3n) is 4.93. The molecule has 6 nitrogen and oxygen atoms in total. The van der Waals surface area contributed by atoms with Crippen molar-refractivity contribution in [3.8, 4) is 0 Å². The topological polar surface area (TPSA) is 61.8 Å². The number of rotatable bonds is 7. The van der Waals surface area contributed by atoms with Gasteiger partial charge in [-0.2, -0.15) is 0 Å². The first-order chi connectivity index (χ1) is 13.7. The normalized spacial score (nSPS) is 15.6. The highest BCUT2D eigenvalue weighted by Crippen LogP contribution is 2.17. The minimum Gasteiger partial charge on any atom is -0.379 e. The molecular weight excluding hydrogens is 370 g/mol. The van der Waals surface area contributed by atoms with Gasteiger partial charge >= 0.3 is 0 Å². The summed E-state index contributed by atoms with van der Waals surface area (Å²) in [5.74, 6) is 0.833. The van der Waals surface area contributed by atoms with Crippen LogP contribution in [0, 0.1) is 13.8 Å². The number of aliphatic imine (C=N–C) groups is 1. The Morgan fingerprint density at radius 1 is 1.18 bits per heavy atom. The Balaban J connectivity index is 1.50. The summed E-state index contributed by atoms with van der Waals surface area (Å²) >= 11 is 1.78. The van der Waals surface area contributed by atoms with Crippen molar-refractivity contribution in [2.45, 2.75) is 33.4 Å². The highest BCUT2D eigenvalue weighted by molar-refractivity contribution is 7.11. The smallest absolute Gasteiger partial charge is 0.191 e. The highest BCUT2D eigenvalue weighted by atomic mass is 32.1. The minimum atomic E-state index is 0.763. The van der Waals surface area contributed by atoms with E-state index >= 15 is 0 Å². The van der Waals surface area contributed by atoms with Gasteiger partial charge in [-0.15, -0.1) is 11.3 Å². The lowest BCUT2D eigenvalue weighted by Gasteiger charge is -2.27. The number of ether oxygens (including phenoxy) is 1. The van der Waals surface area contributed by atoms with Crippen LogP contribution in [0.3, 0.4) is 0 Å². The van der Waals surface area contributed by atoms with Crippen LogP contribution < -0.4 is 10.6 Å². The fourth-order valence-electron chi connectivity index (χ4n) is 3.38. The van der Waals surface area contributed by atoms with Gasteiger partial charge in [0.05, 0.1) is 23.9 Å². The highest BCUT2D eigenvalue weighted by Gasteiger charge is 2.13. The van der Waals surface area contributed by atoms with E-state index in [0.717, 1.165) is 69.0 Å². The third kappa shape index (κ3) is 6.02. The van der Waals surface area contributed by atoms with Crippen molar-refractivity contribution in [3.05, 3.63) is 51.0 Å². The van der Waals surface area contributed by atoms with Gasteiger partial charge in [-0.3, -0.25) is 9.89 Å². The second kappa shape index (κ2) is 10.5. The minimum absolute atomic E-state index is 0.763. The number of thiazole rings is 1. The molecular formula is C21H31N5OS. The first kappa shape index (κ1) is 20.8. The fourth-order valence-corrected chi connectivity index (χ4v) is 4.32. The quantitative estimate of drug-likeness (QED) is 0.551. The van der Waals surface area contributed by atoms with Gasteiger partial charge < -0.3 is 15.4 Å². The molecule has 0 saturated carbocycles. The lowest BCUT2D eigenvalue weighted by molar-refractivity contribution is 0.0341. The predicted molar refractivity (Wildman–Crippen MR) is 116 cm³/mol. The summed E-state index contributed by atoms with van der Waals surface area (Å²) in [6.07, 6.45) is 0.964. The molecule has 1 aromatic carbocycles.